The topological polar surface area (TPSA) is 58.6 Å². The molecule has 1 heterocycles. The summed E-state index contributed by atoms with van der Waals surface area (Å²) in [4.78, 5) is 25.5. The van der Waals surface area contributed by atoms with E-state index >= 15 is 0 Å². The Labute approximate surface area is 118 Å². The van der Waals surface area contributed by atoms with Gasteiger partial charge in [0, 0.05) is 24.7 Å². The van der Waals surface area contributed by atoms with Crippen LogP contribution in [0.25, 0.3) is 0 Å². The van der Waals surface area contributed by atoms with Crippen molar-refractivity contribution in [3.63, 3.8) is 0 Å². The SMILES string of the molecule is COc1cccc(NC(=O)CN2CCCCCC2=O)c1. The van der Waals surface area contributed by atoms with E-state index in [0.29, 0.717) is 24.4 Å². The number of nitrogens with zero attached hydrogens (tertiary/aromatic N) is 1. The first kappa shape index (κ1) is 14.4. The molecule has 1 aromatic carbocycles. The van der Waals surface area contributed by atoms with E-state index in [1.807, 2.05) is 12.1 Å². The second-order valence-electron chi connectivity index (χ2n) is 4.91. The highest BCUT2D eigenvalue weighted by atomic mass is 16.5. The molecule has 1 N–H and O–H groups in total. The van der Waals surface area contributed by atoms with E-state index in [2.05, 4.69) is 5.32 Å². The number of benzene rings is 1. The maximum atomic E-state index is 12.0. The molecule has 1 aromatic rings. The summed E-state index contributed by atoms with van der Waals surface area (Å²) in [5.74, 6) is 0.588. The van der Waals surface area contributed by atoms with Gasteiger partial charge in [0.05, 0.1) is 13.7 Å². The van der Waals surface area contributed by atoms with Crippen molar-refractivity contribution in [3.8, 4) is 5.75 Å². The molecule has 2 amide bonds. The Morgan fingerprint density at radius 1 is 1.35 bits per heavy atom. The van der Waals surface area contributed by atoms with E-state index in [1.165, 1.54) is 0 Å². The molecule has 2 rings (SSSR count). The zero-order valence-electron chi connectivity index (χ0n) is 11.7. The summed E-state index contributed by atoms with van der Waals surface area (Å²) in [5, 5.41) is 2.79. The summed E-state index contributed by atoms with van der Waals surface area (Å²) in [7, 11) is 1.58. The van der Waals surface area contributed by atoms with Gasteiger partial charge >= 0.3 is 0 Å². The maximum Gasteiger partial charge on any atom is 0.243 e. The number of amides is 2. The van der Waals surface area contributed by atoms with Crippen molar-refractivity contribution in [2.24, 2.45) is 0 Å². The lowest BCUT2D eigenvalue weighted by atomic mass is 10.2. The van der Waals surface area contributed by atoms with E-state index in [0.717, 1.165) is 19.3 Å². The molecule has 0 bridgehead atoms. The average molecular weight is 276 g/mol. The van der Waals surface area contributed by atoms with E-state index in [4.69, 9.17) is 4.74 Å². The Kier molecular flexibility index (Phi) is 4.98. The van der Waals surface area contributed by atoms with Gasteiger partial charge in [-0.25, -0.2) is 0 Å². The molecule has 20 heavy (non-hydrogen) atoms. The molecule has 0 saturated carbocycles. The van der Waals surface area contributed by atoms with Gasteiger partial charge in [-0.1, -0.05) is 12.5 Å². The fourth-order valence-corrected chi connectivity index (χ4v) is 2.28. The first-order chi connectivity index (χ1) is 9.69. The quantitative estimate of drug-likeness (QED) is 0.915. The highest BCUT2D eigenvalue weighted by Crippen LogP contribution is 2.17. The normalized spacial score (nSPS) is 15.7. The summed E-state index contributed by atoms with van der Waals surface area (Å²) >= 11 is 0. The van der Waals surface area contributed by atoms with Gasteiger partial charge in [-0.05, 0) is 25.0 Å². The average Bonchev–Trinajstić information content (AvgIpc) is 2.64. The van der Waals surface area contributed by atoms with E-state index in [-0.39, 0.29) is 18.4 Å². The van der Waals surface area contributed by atoms with Crippen molar-refractivity contribution in [2.45, 2.75) is 25.7 Å². The Morgan fingerprint density at radius 2 is 2.20 bits per heavy atom. The molecule has 0 unspecified atom stereocenters. The maximum absolute atomic E-state index is 12.0. The number of hydrogen-bond acceptors (Lipinski definition) is 3. The fraction of sp³-hybridized carbons (Fsp3) is 0.467. The van der Waals surface area contributed by atoms with Crippen LogP contribution in [0.1, 0.15) is 25.7 Å². The first-order valence-electron chi connectivity index (χ1n) is 6.91. The van der Waals surface area contributed by atoms with E-state index in [1.54, 1.807) is 24.1 Å². The van der Waals surface area contributed by atoms with Crippen molar-refractivity contribution >= 4 is 17.5 Å². The molecule has 0 radical (unpaired) electrons. The molecule has 5 nitrogen and oxygen atoms in total. The third kappa shape index (κ3) is 3.98. The van der Waals surface area contributed by atoms with Gasteiger partial charge in [0.15, 0.2) is 0 Å². The highest BCUT2D eigenvalue weighted by Gasteiger charge is 2.19. The van der Waals surface area contributed by atoms with Crippen LogP contribution in [-0.2, 0) is 9.59 Å². The standard InChI is InChI=1S/C15H20N2O3/c1-20-13-7-5-6-12(10-13)16-14(18)11-17-9-4-2-3-8-15(17)19/h5-7,10H,2-4,8-9,11H2,1H3,(H,16,18). The first-order valence-corrected chi connectivity index (χ1v) is 6.91. The lowest BCUT2D eigenvalue weighted by molar-refractivity contribution is -0.134. The van der Waals surface area contributed by atoms with Gasteiger partial charge in [-0.2, -0.15) is 0 Å². The minimum atomic E-state index is -0.173. The Morgan fingerprint density at radius 3 is 3.00 bits per heavy atom. The monoisotopic (exact) mass is 276 g/mol. The molecule has 0 atom stereocenters. The predicted octanol–water partition coefficient (Wildman–Crippen LogP) is 2.04. The number of ether oxygens (including phenoxy) is 1. The van der Waals surface area contributed by atoms with Crippen molar-refractivity contribution in [1.82, 2.24) is 4.90 Å². The minimum absolute atomic E-state index is 0.0725. The van der Waals surface area contributed by atoms with Gasteiger partial charge in [-0.3, -0.25) is 9.59 Å². The van der Waals surface area contributed by atoms with E-state index < -0.39 is 0 Å². The minimum Gasteiger partial charge on any atom is -0.497 e. The van der Waals surface area contributed by atoms with Crippen molar-refractivity contribution < 1.29 is 14.3 Å². The van der Waals surface area contributed by atoms with Crippen LogP contribution in [0, 0.1) is 0 Å². The Bertz CT molecular complexity index is 488. The van der Waals surface area contributed by atoms with Crippen molar-refractivity contribution in [3.05, 3.63) is 24.3 Å². The van der Waals surface area contributed by atoms with Crippen LogP contribution in [0.4, 0.5) is 5.69 Å². The number of carbonyl (C=O) groups excluding carboxylic acids is 2. The second-order valence-corrected chi connectivity index (χ2v) is 4.91. The van der Waals surface area contributed by atoms with Gasteiger partial charge in [0.1, 0.15) is 5.75 Å². The van der Waals surface area contributed by atoms with Crippen LogP contribution in [0.2, 0.25) is 0 Å². The molecule has 1 aliphatic heterocycles. The summed E-state index contributed by atoms with van der Waals surface area (Å²) in [6, 6.07) is 7.17. The number of rotatable bonds is 4. The van der Waals surface area contributed by atoms with Crippen LogP contribution < -0.4 is 10.1 Å². The van der Waals surface area contributed by atoms with Gasteiger partial charge in [0.2, 0.25) is 11.8 Å². The van der Waals surface area contributed by atoms with Crippen molar-refractivity contribution in [2.75, 3.05) is 25.5 Å². The zero-order chi connectivity index (χ0) is 14.4. The van der Waals surface area contributed by atoms with Gasteiger partial charge in [-0.15, -0.1) is 0 Å². The van der Waals surface area contributed by atoms with Gasteiger partial charge in [0.25, 0.3) is 0 Å². The predicted molar refractivity (Wildman–Crippen MR) is 76.7 cm³/mol. The number of methoxy groups -OCH3 is 1. The number of hydrogen-bond donors (Lipinski definition) is 1. The zero-order valence-corrected chi connectivity index (χ0v) is 11.7. The smallest absolute Gasteiger partial charge is 0.243 e. The highest BCUT2D eigenvalue weighted by molar-refractivity contribution is 5.94. The summed E-state index contributed by atoms with van der Waals surface area (Å²) in [6.07, 6.45) is 3.50. The van der Waals surface area contributed by atoms with Crippen LogP contribution in [0.5, 0.6) is 5.75 Å². The van der Waals surface area contributed by atoms with Gasteiger partial charge < -0.3 is 15.0 Å². The second kappa shape index (κ2) is 6.93. The summed E-state index contributed by atoms with van der Waals surface area (Å²) in [5.41, 5.74) is 0.677. The van der Waals surface area contributed by atoms with Crippen LogP contribution in [0.3, 0.4) is 0 Å². The van der Waals surface area contributed by atoms with E-state index in [9.17, 15) is 9.59 Å². The number of likely N-dealkylation sites (tertiary alicyclic amines) is 1. The molecule has 1 aliphatic rings. The molecular formula is C15H20N2O3. The number of nitrogens with one attached hydrogen (secondary N) is 1. The third-order valence-corrected chi connectivity index (χ3v) is 3.36. The van der Waals surface area contributed by atoms with Crippen LogP contribution in [0.15, 0.2) is 24.3 Å². The molecular weight excluding hydrogens is 256 g/mol. The lowest BCUT2D eigenvalue weighted by Gasteiger charge is -2.19. The van der Waals surface area contributed by atoms with Crippen LogP contribution >= 0.6 is 0 Å². The third-order valence-electron chi connectivity index (χ3n) is 3.36. The largest absolute Gasteiger partial charge is 0.497 e. The number of carbonyl (C=O) groups is 2. The molecule has 0 aliphatic carbocycles. The molecule has 108 valence electrons. The number of anilines is 1. The Balaban J connectivity index is 1.92. The lowest BCUT2D eigenvalue weighted by Crippen LogP contribution is -2.37. The molecule has 1 fully saturated rings. The molecule has 5 heteroatoms. The molecule has 1 saturated heterocycles. The van der Waals surface area contributed by atoms with Crippen molar-refractivity contribution in [1.29, 1.82) is 0 Å². The fourth-order valence-electron chi connectivity index (χ4n) is 2.28. The Hall–Kier alpha value is -2.04. The summed E-state index contributed by atoms with van der Waals surface area (Å²) < 4.78 is 5.10. The molecule has 0 spiro atoms. The molecule has 0 aromatic heterocycles. The summed E-state index contributed by atoms with van der Waals surface area (Å²) in [6.45, 7) is 0.792. The van der Waals surface area contributed by atoms with Crippen LogP contribution in [-0.4, -0.2) is 36.9 Å².